The molecule has 0 spiro atoms. The molecule has 0 saturated carbocycles. The van der Waals surface area contributed by atoms with E-state index in [1.807, 2.05) is 7.05 Å². The van der Waals surface area contributed by atoms with Crippen LogP contribution in [0.2, 0.25) is 0 Å². The minimum absolute atomic E-state index is 0.0268. The monoisotopic (exact) mass is 466 g/mol. The molecule has 1 heterocycles. The van der Waals surface area contributed by atoms with E-state index in [2.05, 4.69) is 10.2 Å². The van der Waals surface area contributed by atoms with Crippen LogP contribution in [0.5, 0.6) is 0 Å². The minimum atomic E-state index is -3.77. The maximum atomic E-state index is 13.0. The third kappa shape index (κ3) is 4.96. The molecule has 1 amide bonds. The predicted octanol–water partition coefficient (Wildman–Crippen LogP) is 1.13. The van der Waals surface area contributed by atoms with Crippen molar-refractivity contribution in [2.75, 3.05) is 52.6 Å². The van der Waals surface area contributed by atoms with Crippen LogP contribution in [0, 0.1) is 0 Å². The number of carbonyl (C=O) groups is 1. The average Bonchev–Trinajstić information content (AvgIpc) is 2.74. The highest BCUT2D eigenvalue weighted by Gasteiger charge is 2.28. The van der Waals surface area contributed by atoms with Gasteiger partial charge in [-0.25, -0.2) is 21.1 Å². The van der Waals surface area contributed by atoms with Crippen LogP contribution in [-0.4, -0.2) is 83.6 Å². The quantitative estimate of drug-likeness (QED) is 0.684. The zero-order valence-electron chi connectivity index (χ0n) is 17.6. The van der Waals surface area contributed by atoms with E-state index in [1.54, 1.807) is 12.1 Å². The lowest BCUT2D eigenvalue weighted by molar-refractivity contribution is 0.102. The highest BCUT2D eigenvalue weighted by molar-refractivity contribution is 7.89. The molecule has 1 fully saturated rings. The fourth-order valence-electron chi connectivity index (χ4n) is 3.16. The van der Waals surface area contributed by atoms with E-state index in [4.69, 9.17) is 0 Å². The van der Waals surface area contributed by atoms with Crippen LogP contribution in [0.4, 0.5) is 5.69 Å². The van der Waals surface area contributed by atoms with E-state index >= 15 is 0 Å². The van der Waals surface area contributed by atoms with Gasteiger partial charge in [0.2, 0.25) is 20.0 Å². The van der Waals surface area contributed by atoms with Gasteiger partial charge in [-0.3, -0.25) is 4.79 Å². The second kappa shape index (κ2) is 9.05. The molecule has 0 radical (unpaired) electrons. The number of benzene rings is 2. The zero-order chi connectivity index (χ0) is 22.8. The Balaban J connectivity index is 1.87. The molecule has 9 nitrogen and oxygen atoms in total. The van der Waals surface area contributed by atoms with E-state index in [0.29, 0.717) is 26.2 Å². The largest absolute Gasteiger partial charge is 0.321 e. The minimum Gasteiger partial charge on any atom is -0.321 e. The summed E-state index contributed by atoms with van der Waals surface area (Å²) in [5, 5.41) is 2.59. The SMILES string of the molecule is CN1CCN(S(=O)(=O)c2cccc(C(=O)Nc3ccccc3S(=O)(=O)N(C)C)c2)CC1. The van der Waals surface area contributed by atoms with Gasteiger partial charge in [-0.2, -0.15) is 4.31 Å². The molecule has 31 heavy (non-hydrogen) atoms. The van der Waals surface area contributed by atoms with Crippen molar-refractivity contribution in [3.63, 3.8) is 0 Å². The molecule has 11 heteroatoms. The number of amides is 1. The van der Waals surface area contributed by atoms with Gasteiger partial charge < -0.3 is 10.2 Å². The molecule has 0 unspecified atom stereocenters. The van der Waals surface area contributed by atoms with Crippen LogP contribution >= 0.6 is 0 Å². The first-order chi connectivity index (χ1) is 14.5. The Kier molecular flexibility index (Phi) is 6.82. The maximum Gasteiger partial charge on any atom is 0.255 e. The normalized spacial score (nSPS) is 16.4. The summed E-state index contributed by atoms with van der Waals surface area (Å²) in [6, 6.07) is 11.8. The van der Waals surface area contributed by atoms with E-state index < -0.39 is 26.0 Å². The molecule has 1 aliphatic rings. The molecule has 1 aliphatic heterocycles. The second-order valence-corrected chi connectivity index (χ2v) is 11.5. The number of rotatable bonds is 6. The van der Waals surface area contributed by atoms with Gasteiger partial charge in [0.05, 0.1) is 10.6 Å². The lowest BCUT2D eigenvalue weighted by atomic mass is 10.2. The molecule has 2 aromatic carbocycles. The van der Waals surface area contributed by atoms with Crippen molar-refractivity contribution in [2.45, 2.75) is 9.79 Å². The molecule has 3 rings (SSSR count). The Morgan fingerprint density at radius 1 is 0.935 bits per heavy atom. The van der Waals surface area contributed by atoms with Crippen molar-refractivity contribution < 1.29 is 21.6 Å². The van der Waals surface area contributed by atoms with Crippen LogP contribution in [-0.2, 0) is 20.0 Å². The summed E-state index contributed by atoms with van der Waals surface area (Å²) in [6.07, 6.45) is 0. The summed E-state index contributed by atoms with van der Waals surface area (Å²) in [5.41, 5.74) is 0.237. The van der Waals surface area contributed by atoms with Crippen LogP contribution < -0.4 is 5.32 Å². The number of carbonyl (C=O) groups excluding carboxylic acids is 1. The van der Waals surface area contributed by atoms with Crippen molar-refractivity contribution in [3.05, 3.63) is 54.1 Å². The van der Waals surface area contributed by atoms with Gasteiger partial charge >= 0.3 is 0 Å². The number of para-hydroxylation sites is 1. The number of likely N-dealkylation sites (N-methyl/N-ethyl adjacent to an activating group) is 1. The van der Waals surface area contributed by atoms with Crippen molar-refractivity contribution in [3.8, 4) is 0 Å². The Labute approximate surface area is 183 Å². The van der Waals surface area contributed by atoms with Crippen LogP contribution in [0.1, 0.15) is 10.4 Å². The van der Waals surface area contributed by atoms with Crippen molar-refractivity contribution in [2.24, 2.45) is 0 Å². The average molecular weight is 467 g/mol. The molecule has 0 atom stereocenters. The number of nitrogens with zero attached hydrogens (tertiary/aromatic N) is 3. The Morgan fingerprint density at radius 2 is 1.58 bits per heavy atom. The summed E-state index contributed by atoms with van der Waals surface area (Å²) < 4.78 is 53.5. The highest BCUT2D eigenvalue weighted by atomic mass is 32.2. The molecule has 0 aliphatic carbocycles. The topological polar surface area (TPSA) is 107 Å². The summed E-state index contributed by atoms with van der Waals surface area (Å²) in [6.45, 7) is 2.03. The number of piperazine rings is 1. The summed E-state index contributed by atoms with van der Waals surface area (Å²) >= 11 is 0. The van der Waals surface area contributed by atoms with Gasteiger partial charge in [-0.15, -0.1) is 0 Å². The van der Waals surface area contributed by atoms with Crippen LogP contribution in [0.3, 0.4) is 0 Å². The van der Waals surface area contributed by atoms with E-state index in [1.165, 1.54) is 54.8 Å². The lowest BCUT2D eigenvalue weighted by Crippen LogP contribution is -2.47. The van der Waals surface area contributed by atoms with Crippen molar-refractivity contribution in [1.82, 2.24) is 13.5 Å². The summed E-state index contributed by atoms with van der Waals surface area (Å²) in [5.74, 6) is -0.600. The zero-order valence-corrected chi connectivity index (χ0v) is 19.3. The second-order valence-electron chi connectivity index (χ2n) is 7.47. The standard InChI is InChI=1S/C20H26N4O5S2/c1-22(2)31(28,29)19-10-5-4-9-18(19)21-20(25)16-7-6-8-17(15-16)30(26,27)24-13-11-23(3)12-14-24/h4-10,15H,11-14H2,1-3H3,(H,21,25). The lowest BCUT2D eigenvalue weighted by Gasteiger charge is -2.31. The first-order valence-corrected chi connectivity index (χ1v) is 12.5. The highest BCUT2D eigenvalue weighted by Crippen LogP contribution is 2.24. The Hall–Kier alpha value is -2.31. The van der Waals surface area contributed by atoms with Crippen molar-refractivity contribution >= 4 is 31.6 Å². The number of hydrogen-bond donors (Lipinski definition) is 1. The summed E-state index contributed by atoms with van der Waals surface area (Å²) in [4.78, 5) is 14.9. The molecule has 168 valence electrons. The fourth-order valence-corrected chi connectivity index (χ4v) is 5.67. The van der Waals surface area contributed by atoms with Crippen LogP contribution in [0.25, 0.3) is 0 Å². The molecule has 2 aromatic rings. The van der Waals surface area contributed by atoms with Gasteiger partial charge in [-0.05, 0) is 37.4 Å². The molecule has 0 aromatic heterocycles. The third-order valence-electron chi connectivity index (χ3n) is 5.09. The van der Waals surface area contributed by atoms with Gasteiger partial charge in [-0.1, -0.05) is 18.2 Å². The smallest absolute Gasteiger partial charge is 0.255 e. The van der Waals surface area contributed by atoms with E-state index in [-0.39, 0.29) is 21.0 Å². The number of sulfonamides is 2. The Bertz CT molecular complexity index is 1170. The van der Waals surface area contributed by atoms with Gasteiger partial charge in [0.15, 0.2) is 0 Å². The molecule has 1 N–H and O–H groups in total. The number of hydrogen-bond acceptors (Lipinski definition) is 6. The molecular formula is C20H26N4O5S2. The fraction of sp³-hybridized carbons (Fsp3) is 0.350. The predicted molar refractivity (Wildman–Crippen MR) is 118 cm³/mol. The third-order valence-corrected chi connectivity index (χ3v) is 8.86. The molecular weight excluding hydrogens is 440 g/mol. The van der Waals surface area contributed by atoms with Gasteiger partial charge in [0.1, 0.15) is 4.90 Å². The molecule has 0 bridgehead atoms. The van der Waals surface area contributed by atoms with E-state index in [0.717, 1.165) is 4.31 Å². The molecule has 1 saturated heterocycles. The van der Waals surface area contributed by atoms with Gasteiger partial charge in [0.25, 0.3) is 5.91 Å². The van der Waals surface area contributed by atoms with Crippen molar-refractivity contribution in [1.29, 1.82) is 0 Å². The van der Waals surface area contributed by atoms with Crippen LogP contribution in [0.15, 0.2) is 58.3 Å². The Morgan fingerprint density at radius 3 is 2.23 bits per heavy atom. The number of nitrogens with one attached hydrogen (secondary N) is 1. The van der Waals surface area contributed by atoms with E-state index in [9.17, 15) is 21.6 Å². The first-order valence-electron chi connectivity index (χ1n) is 9.65. The first kappa shape index (κ1) is 23.4. The maximum absolute atomic E-state index is 13.0. The van der Waals surface area contributed by atoms with Gasteiger partial charge in [0, 0.05) is 45.8 Å². The number of anilines is 1. The summed E-state index contributed by atoms with van der Waals surface area (Å²) in [7, 11) is -2.77.